The number of ether oxygens (including phenoxy) is 2. The topological polar surface area (TPSA) is 58.1 Å². The van der Waals surface area contributed by atoms with Crippen molar-refractivity contribution in [3.63, 3.8) is 0 Å². The van der Waals surface area contributed by atoms with E-state index in [2.05, 4.69) is 34.4 Å². The molecule has 0 aromatic heterocycles. The van der Waals surface area contributed by atoms with Crippen molar-refractivity contribution in [2.24, 2.45) is 4.99 Å². The molecule has 2 N–H and O–H groups in total. The Morgan fingerprint density at radius 1 is 1.30 bits per heavy atom. The number of hydrogen-bond acceptors (Lipinski definition) is 4. The van der Waals surface area contributed by atoms with Gasteiger partial charge in [0.1, 0.15) is 0 Å². The van der Waals surface area contributed by atoms with Gasteiger partial charge in [0.05, 0.1) is 19.8 Å². The summed E-state index contributed by atoms with van der Waals surface area (Å²) in [5, 5.41) is 6.64. The van der Waals surface area contributed by atoms with E-state index in [1.807, 2.05) is 6.92 Å². The molecule has 1 aliphatic heterocycles. The van der Waals surface area contributed by atoms with Crippen molar-refractivity contribution in [3.05, 3.63) is 0 Å². The first-order valence-electron chi connectivity index (χ1n) is 7.45. The number of guanidine groups is 1. The van der Waals surface area contributed by atoms with E-state index in [0.717, 1.165) is 52.0 Å². The van der Waals surface area contributed by atoms with E-state index >= 15 is 0 Å². The van der Waals surface area contributed by atoms with Crippen LogP contribution in [0.3, 0.4) is 0 Å². The minimum Gasteiger partial charge on any atom is -0.380 e. The summed E-state index contributed by atoms with van der Waals surface area (Å²) in [5.41, 5.74) is 0.0846. The number of morpholine rings is 1. The van der Waals surface area contributed by atoms with Crippen LogP contribution in [-0.2, 0) is 9.47 Å². The first kappa shape index (κ1) is 17.2. The lowest BCUT2D eigenvalue weighted by molar-refractivity contribution is -0.00834. The summed E-state index contributed by atoms with van der Waals surface area (Å²) in [5.74, 6) is 0.825. The molecule has 0 atom stereocenters. The van der Waals surface area contributed by atoms with Crippen molar-refractivity contribution < 1.29 is 9.47 Å². The molecule has 20 heavy (non-hydrogen) atoms. The van der Waals surface area contributed by atoms with Crippen molar-refractivity contribution in [2.45, 2.75) is 26.3 Å². The zero-order valence-corrected chi connectivity index (χ0v) is 13.4. The van der Waals surface area contributed by atoms with Gasteiger partial charge in [0, 0.05) is 45.4 Å². The first-order valence-corrected chi connectivity index (χ1v) is 7.45. The van der Waals surface area contributed by atoms with Crippen molar-refractivity contribution in [1.29, 1.82) is 0 Å². The molecule has 0 aromatic rings. The lowest BCUT2D eigenvalue weighted by Crippen LogP contribution is -2.56. The van der Waals surface area contributed by atoms with Gasteiger partial charge in [-0.2, -0.15) is 0 Å². The zero-order chi connectivity index (χ0) is 14.8. The minimum absolute atomic E-state index is 0.0846. The number of hydrogen-bond donors (Lipinski definition) is 2. The number of aliphatic imine (C=N–C) groups is 1. The molecule has 1 fully saturated rings. The van der Waals surface area contributed by atoms with Crippen LogP contribution in [0.2, 0.25) is 0 Å². The normalized spacial score (nSPS) is 18.1. The van der Waals surface area contributed by atoms with Crippen LogP contribution in [0.5, 0.6) is 0 Å². The van der Waals surface area contributed by atoms with Gasteiger partial charge in [0.15, 0.2) is 5.96 Å². The van der Waals surface area contributed by atoms with Crippen molar-refractivity contribution in [1.82, 2.24) is 15.5 Å². The Bertz CT molecular complexity index is 289. The minimum atomic E-state index is 0.0846. The summed E-state index contributed by atoms with van der Waals surface area (Å²) < 4.78 is 10.7. The maximum atomic E-state index is 5.41. The molecule has 0 aromatic carbocycles. The quantitative estimate of drug-likeness (QED) is 0.400. The molecule has 0 spiro atoms. The van der Waals surface area contributed by atoms with Crippen molar-refractivity contribution in [3.8, 4) is 0 Å². The van der Waals surface area contributed by atoms with Crippen LogP contribution < -0.4 is 10.6 Å². The third kappa shape index (κ3) is 6.07. The van der Waals surface area contributed by atoms with Gasteiger partial charge in [0.25, 0.3) is 0 Å². The van der Waals surface area contributed by atoms with Gasteiger partial charge in [-0.3, -0.25) is 9.89 Å². The van der Waals surface area contributed by atoms with Crippen molar-refractivity contribution in [2.75, 3.05) is 59.7 Å². The maximum Gasteiger partial charge on any atom is 0.191 e. The second kappa shape index (κ2) is 9.15. The third-order valence-corrected chi connectivity index (χ3v) is 3.52. The van der Waals surface area contributed by atoms with Gasteiger partial charge in [-0.1, -0.05) is 0 Å². The number of rotatable bonds is 7. The van der Waals surface area contributed by atoms with Gasteiger partial charge >= 0.3 is 0 Å². The molecule has 0 unspecified atom stereocenters. The smallest absolute Gasteiger partial charge is 0.191 e. The largest absolute Gasteiger partial charge is 0.380 e. The Balaban J connectivity index is 2.30. The Hall–Kier alpha value is -0.850. The summed E-state index contributed by atoms with van der Waals surface area (Å²) >= 11 is 0. The fraction of sp³-hybridized carbons (Fsp3) is 0.929. The van der Waals surface area contributed by atoms with E-state index in [1.165, 1.54) is 0 Å². The Kier molecular flexibility index (Phi) is 7.87. The highest BCUT2D eigenvalue weighted by atomic mass is 16.5. The van der Waals surface area contributed by atoms with E-state index in [-0.39, 0.29) is 5.54 Å². The first-order chi connectivity index (χ1) is 9.60. The predicted octanol–water partition coefficient (Wildman–Crippen LogP) is 0.299. The fourth-order valence-electron chi connectivity index (χ4n) is 2.19. The van der Waals surface area contributed by atoms with Crippen LogP contribution in [0.4, 0.5) is 0 Å². The van der Waals surface area contributed by atoms with Crippen LogP contribution >= 0.6 is 0 Å². The molecule has 0 radical (unpaired) electrons. The molecular formula is C14H30N4O2. The van der Waals surface area contributed by atoms with Crippen LogP contribution in [0.25, 0.3) is 0 Å². The lowest BCUT2D eigenvalue weighted by atomic mass is 10.0. The monoisotopic (exact) mass is 286 g/mol. The Morgan fingerprint density at radius 2 is 2.00 bits per heavy atom. The molecule has 0 aliphatic carbocycles. The summed E-state index contributed by atoms with van der Waals surface area (Å²) in [6, 6.07) is 0. The summed E-state index contributed by atoms with van der Waals surface area (Å²) in [4.78, 5) is 6.68. The van der Waals surface area contributed by atoms with Crippen LogP contribution in [0.15, 0.2) is 4.99 Å². The van der Waals surface area contributed by atoms with E-state index in [9.17, 15) is 0 Å². The lowest BCUT2D eigenvalue weighted by Gasteiger charge is -2.41. The number of nitrogens with one attached hydrogen (secondary N) is 2. The summed E-state index contributed by atoms with van der Waals surface area (Å²) in [6.07, 6.45) is 0. The van der Waals surface area contributed by atoms with Gasteiger partial charge in [-0.25, -0.2) is 0 Å². The van der Waals surface area contributed by atoms with Gasteiger partial charge in [0.2, 0.25) is 0 Å². The van der Waals surface area contributed by atoms with E-state index < -0.39 is 0 Å². The Labute approximate surface area is 122 Å². The molecular weight excluding hydrogens is 256 g/mol. The highest BCUT2D eigenvalue weighted by molar-refractivity contribution is 5.79. The molecule has 1 rings (SSSR count). The molecule has 1 heterocycles. The summed E-state index contributed by atoms with van der Waals surface area (Å²) in [6.45, 7) is 13.2. The molecule has 0 amide bonds. The molecule has 118 valence electrons. The van der Waals surface area contributed by atoms with Gasteiger partial charge < -0.3 is 20.1 Å². The molecule has 1 saturated heterocycles. The molecule has 6 heteroatoms. The van der Waals surface area contributed by atoms with E-state index in [4.69, 9.17) is 9.47 Å². The predicted molar refractivity (Wildman–Crippen MR) is 82.3 cm³/mol. The average molecular weight is 286 g/mol. The average Bonchev–Trinajstić information content (AvgIpc) is 2.47. The molecule has 0 bridgehead atoms. The fourth-order valence-corrected chi connectivity index (χ4v) is 2.19. The third-order valence-electron chi connectivity index (χ3n) is 3.52. The van der Waals surface area contributed by atoms with Crippen LogP contribution in [0.1, 0.15) is 20.8 Å². The van der Waals surface area contributed by atoms with E-state index in [1.54, 1.807) is 7.05 Å². The standard InChI is InChI=1S/C14H30N4O2/c1-5-19-9-6-16-13(15-4)17-12-14(2,3)18-7-10-20-11-8-18/h5-12H2,1-4H3,(H2,15,16,17). The SMILES string of the molecule is CCOCCNC(=NC)NCC(C)(C)N1CCOCC1. The second-order valence-electron chi connectivity index (χ2n) is 5.46. The second-order valence-corrected chi connectivity index (χ2v) is 5.46. The highest BCUT2D eigenvalue weighted by Crippen LogP contribution is 2.14. The maximum absolute atomic E-state index is 5.41. The van der Waals surface area contributed by atoms with Crippen LogP contribution in [-0.4, -0.2) is 76.1 Å². The highest BCUT2D eigenvalue weighted by Gasteiger charge is 2.28. The van der Waals surface area contributed by atoms with Gasteiger partial charge in [-0.15, -0.1) is 0 Å². The number of nitrogens with zero attached hydrogens (tertiary/aromatic N) is 2. The van der Waals surface area contributed by atoms with Gasteiger partial charge in [-0.05, 0) is 20.8 Å². The van der Waals surface area contributed by atoms with E-state index in [0.29, 0.717) is 6.61 Å². The molecule has 6 nitrogen and oxygen atoms in total. The Morgan fingerprint density at radius 3 is 2.60 bits per heavy atom. The van der Waals surface area contributed by atoms with Crippen molar-refractivity contribution >= 4 is 5.96 Å². The van der Waals surface area contributed by atoms with Crippen LogP contribution in [0, 0.1) is 0 Å². The zero-order valence-electron chi connectivity index (χ0n) is 13.4. The molecule has 1 aliphatic rings. The summed E-state index contributed by atoms with van der Waals surface area (Å²) in [7, 11) is 1.79. The molecule has 0 saturated carbocycles.